The number of nitrogens with zero attached hydrogens (tertiary/aromatic N) is 1. The Labute approximate surface area is 153 Å². The lowest BCUT2D eigenvalue weighted by atomic mass is 10.0. The van der Waals surface area contributed by atoms with Crippen molar-refractivity contribution in [3.05, 3.63) is 94.7 Å². The Morgan fingerprint density at radius 3 is 2.44 bits per heavy atom. The number of hydrogen-bond acceptors (Lipinski definition) is 2. The molecule has 0 atom stereocenters. The molecular weight excluding hydrogens is 378 g/mol. The van der Waals surface area contributed by atoms with E-state index in [9.17, 15) is 9.90 Å². The van der Waals surface area contributed by atoms with Crippen molar-refractivity contribution in [3.63, 3.8) is 0 Å². The SMILES string of the molecule is O=C(c1ccc(O)c(Br)c1)c1c(-c2ccccc2)cc2ccccn12. The second-order valence-corrected chi connectivity index (χ2v) is 6.62. The van der Waals surface area contributed by atoms with Crippen molar-refractivity contribution >= 4 is 27.2 Å². The van der Waals surface area contributed by atoms with Crippen LogP contribution in [-0.2, 0) is 0 Å². The molecule has 0 aliphatic carbocycles. The first-order chi connectivity index (χ1) is 12.1. The number of carbonyl (C=O) groups excluding carboxylic acids is 1. The number of phenols is 1. The lowest BCUT2D eigenvalue weighted by molar-refractivity contribution is 0.103. The van der Waals surface area contributed by atoms with Crippen molar-refractivity contribution in [1.82, 2.24) is 4.40 Å². The van der Waals surface area contributed by atoms with Crippen molar-refractivity contribution in [2.45, 2.75) is 0 Å². The fourth-order valence-electron chi connectivity index (χ4n) is 2.98. The molecule has 0 saturated carbocycles. The number of aromatic hydroxyl groups is 1. The van der Waals surface area contributed by atoms with E-state index in [0.717, 1.165) is 16.6 Å². The summed E-state index contributed by atoms with van der Waals surface area (Å²) in [6, 6.07) is 22.6. The van der Waals surface area contributed by atoms with Crippen molar-refractivity contribution < 1.29 is 9.90 Å². The molecule has 3 nitrogen and oxygen atoms in total. The summed E-state index contributed by atoms with van der Waals surface area (Å²) in [6.45, 7) is 0. The van der Waals surface area contributed by atoms with Gasteiger partial charge in [-0.25, -0.2) is 0 Å². The zero-order valence-electron chi connectivity index (χ0n) is 13.2. The van der Waals surface area contributed by atoms with E-state index in [-0.39, 0.29) is 11.5 Å². The number of phenolic OH excluding ortho intramolecular Hbond substituents is 1. The van der Waals surface area contributed by atoms with Crippen LogP contribution < -0.4 is 0 Å². The number of benzene rings is 2. The standard InChI is InChI=1S/C21H14BrNO2/c22-18-12-15(9-10-19(18)24)21(25)20-17(14-6-2-1-3-7-14)13-16-8-4-5-11-23(16)20/h1-13,24H. The normalized spacial score (nSPS) is 10.9. The Morgan fingerprint density at radius 2 is 1.68 bits per heavy atom. The van der Waals surface area contributed by atoms with Crippen LogP contribution in [0.4, 0.5) is 0 Å². The molecule has 0 saturated heterocycles. The van der Waals surface area contributed by atoms with Crippen molar-refractivity contribution in [1.29, 1.82) is 0 Å². The van der Waals surface area contributed by atoms with E-state index in [1.807, 2.05) is 65.2 Å². The van der Waals surface area contributed by atoms with Crippen LogP contribution in [0.2, 0.25) is 0 Å². The summed E-state index contributed by atoms with van der Waals surface area (Å²) in [6.07, 6.45) is 1.89. The maximum atomic E-state index is 13.3. The second kappa shape index (κ2) is 6.22. The summed E-state index contributed by atoms with van der Waals surface area (Å²) in [5, 5.41) is 9.70. The Kier molecular flexibility index (Phi) is 3.90. The highest BCUT2D eigenvalue weighted by Crippen LogP contribution is 2.31. The van der Waals surface area contributed by atoms with Crippen molar-refractivity contribution in [2.24, 2.45) is 0 Å². The smallest absolute Gasteiger partial charge is 0.210 e. The summed E-state index contributed by atoms with van der Waals surface area (Å²) in [5.41, 5.74) is 3.97. The van der Waals surface area contributed by atoms with Crippen molar-refractivity contribution in [3.8, 4) is 16.9 Å². The fraction of sp³-hybridized carbons (Fsp3) is 0. The zero-order valence-corrected chi connectivity index (χ0v) is 14.8. The van der Waals surface area contributed by atoms with E-state index >= 15 is 0 Å². The molecule has 0 fully saturated rings. The van der Waals surface area contributed by atoms with Crippen molar-refractivity contribution in [2.75, 3.05) is 0 Å². The number of rotatable bonds is 3. The van der Waals surface area contributed by atoms with Gasteiger partial charge >= 0.3 is 0 Å². The van der Waals surface area contributed by atoms with Crippen LogP contribution in [0.5, 0.6) is 5.75 Å². The van der Waals surface area contributed by atoms with Gasteiger partial charge in [0.2, 0.25) is 5.78 Å². The van der Waals surface area contributed by atoms with Crippen LogP contribution >= 0.6 is 15.9 Å². The molecule has 4 aromatic rings. The number of hydrogen-bond donors (Lipinski definition) is 1. The molecule has 2 aromatic heterocycles. The Morgan fingerprint density at radius 1 is 0.920 bits per heavy atom. The van der Waals surface area contributed by atoms with Gasteiger partial charge in [0.05, 0.1) is 4.47 Å². The number of halogens is 1. The Hall–Kier alpha value is -2.85. The van der Waals surface area contributed by atoms with Gasteiger partial charge in [-0.15, -0.1) is 0 Å². The van der Waals surface area contributed by atoms with Gasteiger partial charge in [-0.1, -0.05) is 36.4 Å². The summed E-state index contributed by atoms with van der Waals surface area (Å²) in [5.74, 6) is 0.0191. The Bertz CT molecular complexity index is 1080. The quantitative estimate of drug-likeness (QED) is 0.481. The number of carbonyl (C=O) groups is 1. The summed E-state index contributed by atoms with van der Waals surface area (Å²) in [4.78, 5) is 13.3. The van der Waals surface area contributed by atoms with E-state index in [1.54, 1.807) is 12.1 Å². The highest BCUT2D eigenvalue weighted by atomic mass is 79.9. The van der Waals surface area contributed by atoms with Gasteiger partial charge in [0.1, 0.15) is 11.4 Å². The first-order valence-electron chi connectivity index (χ1n) is 7.84. The minimum atomic E-state index is -0.0919. The van der Waals surface area contributed by atoms with Crippen LogP contribution in [-0.4, -0.2) is 15.3 Å². The van der Waals surface area contributed by atoms with E-state index in [2.05, 4.69) is 15.9 Å². The summed E-state index contributed by atoms with van der Waals surface area (Å²) < 4.78 is 2.41. The molecule has 0 amide bonds. The molecule has 25 heavy (non-hydrogen) atoms. The van der Waals surface area contributed by atoms with Gasteiger partial charge in [0, 0.05) is 22.8 Å². The van der Waals surface area contributed by atoms with Gasteiger partial charge in [-0.3, -0.25) is 4.79 Å². The van der Waals surface area contributed by atoms with Gasteiger partial charge in [0.25, 0.3) is 0 Å². The average molecular weight is 392 g/mol. The second-order valence-electron chi connectivity index (χ2n) is 5.76. The highest BCUT2D eigenvalue weighted by Gasteiger charge is 2.20. The van der Waals surface area contributed by atoms with E-state index in [0.29, 0.717) is 15.7 Å². The molecule has 0 unspecified atom stereocenters. The topological polar surface area (TPSA) is 41.7 Å². The minimum Gasteiger partial charge on any atom is -0.507 e. The number of ketones is 1. The van der Waals surface area contributed by atoms with E-state index < -0.39 is 0 Å². The first kappa shape index (κ1) is 15.7. The van der Waals surface area contributed by atoms with E-state index in [1.165, 1.54) is 6.07 Å². The van der Waals surface area contributed by atoms with Crippen LogP contribution in [0.3, 0.4) is 0 Å². The maximum absolute atomic E-state index is 13.3. The third kappa shape index (κ3) is 2.75. The molecular formula is C21H14BrNO2. The predicted octanol–water partition coefficient (Wildman–Crippen LogP) is 5.31. The Balaban J connectivity index is 1.96. The molecule has 2 heterocycles. The van der Waals surface area contributed by atoms with Gasteiger partial charge in [-0.05, 0) is 57.9 Å². The predicted molar refractivity (Wildman–Crippen MR) is 102 cm³/mol. The monoisotopic (exact) mass is 391 g/mol. The highest BCUT2D eigenvalue weighted by molar-refractivity contribution is 9.10. The molecule has 0 radical (unpaired) electrons. The zero-order chi connectivity index (χ0) is 17.4. The maximum Gasteiger partial charge on any atom is 0.210 e. The number of pyridine rings is 1. The fourth-order valence-corrected chi connectivity index (χ4v) is 3.36. The molecule has 122 valence electrons. The lowest BCUT2D eigenvalue weighted by Gasteiger charge is -2.08. The molecule has 2 aromatic carbocycles. The van der Waals surface area contributed by atoms with Crippen LogP contribution in [0.25, 0.3) is 16.6 Å². The van der Waals surface area contributed by atoms with Gasteiger partial charge < -0.3 is 9.51 Å². The third-order valence-electron chi connectivity index (χ3n) is 4.19. The van der Waals surface area contributed by atoms with Crippen LogP contribution in [0.15, 0.2) is 83.5 Å². The molecule has 4 rings (SSSR count). The average Bonchev–Trinajstić information content (AvgIpc) is 3.03. The summed E-state index contributed by atoms with van der Waals surface area (Å²) in [7, 11) is 0. The molecule has 0 bridgehead atoms. The molecule has 4 heteroatoms. The molecule has 0 spiro atoms. The minimum absolute atomic E-state index is 0.0919. The largest absolute Gasteiger partial charge is 0.507 e. The van der Waals surface area contributed by atoms with Gasteiger partial charge in [-0.2, -0.15) is 0 Å². The third-order valence-corrected chi connectivity index (χ3v) is 4.82. The molecule has 1 N–H and O–H groups in total. The number of fused-ring (bicyclic) bond motifs is 1. The first-order valence-corrected chi connectivity index (χ1v) is 8.63. The molecule has 0 aliphatic heterocycles. The molecule has 0 aliphatic rings. The van der Waals surface area contributed by atoms with Crippen LogP contribution in [0.1, 0.15) is 16.1 Å². The lowest BCUT2D eigenvalue weighted by Crippen LogP contribution is -2.06. The van der Waals surface area contributed by atoms with Gasteiger partial charge in [0.15, 0.2) is 0 Å². The number of aromatic nitrogens is 1. The van der Waals surface area contributed by atoms with E-state index in [4.69, 9.17) is 0 Å². The summed E-state index contributed by atoms with van der Waals surface area (Å²) >= 11 is 3.28. The van der Waals surface area contributed by atoms with Crippen LogP contribution in [0, 0.1) is 0 Å².